The molecule has 0 saturated carbocycles. The van der Waals surface area contributed by atoms with Gasteiger partial charge >= 0.3 is 5.97 Å². The van der Waals surface area contributed by atoms with E-state index in [0.717, 1.165) is 11.3 Å². The lowest BCUT2D eigenvalue weighted by atomic mass is 10.4. The van der Waals surface area contributed by atoms with Gasteiger partial charge in [-0.25, -0.2) is 13.2 Å². The number of thiophene rings is 1. The maximum Gasteiger partial charge on any atom is 0.349 e. The smallest absolute Gasteiger partial charge is 0.349 e. The van der Waals surface area contributed by atoms with Crippen LogP contribution in [0.15, 0.2) is 50.0 Å². The molecule has 0 unspecified atom stereocenters. The van der Waals surface area contributed by atoms with Crippen molar-refractivity contribution in [2.24, 2.45) is 0 Å². The lowest BCUT2D eigenvalue weighted by molar-refractivity contribution is 0.0602. The number of hydrogen-bond acceptors (Lipinski definition) is 5. The Balaban J connectivity index is 2.58. The number of carbonyl (C=O) groups is 1. The van der Waals surface area contributed by atoms with E-state index >= 15 is 0 Å². The number of ether oxygens (including phenoxy) is 1. The van der Waals surface area contributed by atoms with Gasteiger partial charge in [0.2, 0.25) is 9.84 Å². The van der Waals surface area contributed by atoms with Crippen molar-refractivity contribution in [3.8, 4) is 0 Å². The molecule has 2 rings (SSSR count). The number of halogens is 1. The van der Waals surface area contributed by atoms with Crippen molar-refractivity contribution in [1.29, 1.82) is 0 Å². The van der Waals surface area contributed by atoms with E-state index in [1.807, 2.05) is 0 Å². The maximum atomic E-state index is 12.5. The molecule has 0 N–H and O–H groups in total. The second-order valence-electron chi connectivity index (χ2n) is 3.57. The number of hydrogen-bond donors (Lipinski definition) is 0. The fraction of sp³-hybridized carbons (Fsp3) is 0.0833. The van der Waals surface area contributed by atoms with Crippen LogP contribution in [0, 0.1) is 0 Å². The standard InChI is InChI=1S/C12H9BrO4S2/c1-17-12(14)11-10(5-6-18-11)19(15,16)9-4-2-3-8(13)7-9/h2-7H,1H3. The van der Waals surface area contributed by atoms with Crippen molar-refractivity contribution in [2.45, 2.75) is 9.79 Å². The zero-order chi connectivity index (χ0) is 14.0. The first kappa shape index (κ1) is 14.2. The van der Waals surface area contributed by atoms with Crippen molar-refractivity contribution < 1.29 is 17.9 Å². The van der Waals surface area contributed by atoms with E-state index in [0.29, 0.717) is 4.47 Å². The van der Waals surface area contributed by atoms with E-state index in [1.165, 1.54) is 25.3 Å². The number of methoxy groups -OCH3 is 1. The molecular formula is C12H9BrO4S2. The predicted molar refractivity (Wildman–Crippen MR) is 75.3 cm³/mol. The monoisotopic (exact) mass is 360 g/mol. The van der Waals surface area contributed by atoms with E-state index in [4.69, 9.17) is 0 Å². The summed E-state index contributed by atoms with van der Waals surface area (Å²) in [5, 5.41) is 1.55. The number of sulfone groups is 1. The van der Waals surface area contributed by atoms with Gasteiger partial charge < -0.3 is 4.74 Å². The molecular weight excluding hydrogens is 352 g/mol. The second-order valence-corrected chi connectivity index (χ2v) is 7.32. The van der Waals surface area contributed by atoms with Gasteiger partial charge in [0.25, 0.3) is 0 Å². The van der Waals surface area contributed by atoms with Crippen molar-refractivity contribution in [3.05, 3.63) is 45.1 Å². The third-order valence-electron chi connectivity index (χ3n) is 2.40. The summed E-state index contributed by atoms with van der Waals surface area (Å²) >= 11 is 4.27. The highest BCUT2D eigenvalue weighted by molar-refractivity contribution is 9.10. The summed E-state index contributed by atoms with van der Waals surface area (Å²) in [6, 6.07) is 7.75. The van der Waals surface area contributed by atoms with E-state index in [-0.39, 0.29) is 14.7 Å². The Labute approximate surface area is 123 Å². The van der Waals surface area contributed by atoms with Gasteiger partial charge in [-0.3, -0.25) is 0 Å². The molecule has 0 aliphatic carbocycles. The minimum absolute atomic E-state index is 0.0255. The second kappa shape index (κ2) is 5.44. The molecule has 2 aromatic rings. The number of esters is 1. The van der Waals surface area contributed by atoms with Crippen LogP contribution in [0.25, 0.3) is 0 Å². The lowest BCUT2D eigenvalue weighted by Gasteiger charge is -2.05. The topological polar surface area (TPSA) is 60.4 Å². The van der Waals surface area contributed by atoms with Crippen molar-refractivity contribution >= 4 is 43.1 Å². The zero-order valence-electron chi connectivity index (χ0n) is 9.79. The fourth-order valence-electron chi connectivity index (χ4n) is 1.51. The Hall–Kier alpha value is -1.18. The molecule has 1 heterocycles. The van der Waals surface area contributed by atoms with E-state index < -0.39 is 15.8 Å². The molecule has 7 heteroatoms. The summed E-state index contributed by atoms with van der Waals surface area (Å²) in [6.07, 6.45) is 0. The van der Waals surface area contributed by atoms with Crippen LogP contribution >= 0.6 is 27.3 Å². The van der Waals surface area contributed by atoms with Gasteiger partial charge in [-0.15, -0.1) is 11.3 Å². The van der Waals surface area contributed by atoms with Gasteiger partial charge in [0.05, 0.1) is 16.9 Å². The van der Waals surface area contributed by atoms with E-state index in [1.54, 1.807) is 17.5 Å². The van der Waals surface area contributed by atoms with Gasteiger partial charge in [0, 0.05) is 4.47 Å². The van der Waals surface area contributed by atoms with Gasteiger partial charge in [-0.1, -0.05) is 22.0 Å². The van der Waals surface area contributed by atoms with Crippen LogP contribution < -0.4 is 0 Å². The SMILES string of the molecule is COC(=O)c1sccc1S(=O)(=O)c1cccc(Br)c1. The zero-order valence-corrected chi connectivity index (χ0v) is 13.0. The van der Waals surface area contributed by atoms with Crippen LogP contribution in [0.1, 0.15) is 9.67 Å². The molecule has 0 aliphatic rings. The van der Waals surface area contributed by atoms with Crippen LogP contribution in [-0.2, 0) is 14.6 Å². The Morgan fingerprint density at radius 1 is 1.32 bits per heavy atom. The summed E-state index contributed by atoms with van der Waals surface area (Å²) in [5.74, 6) is -0.649. The first-order chi connectivity index (χ1) is 8.96. The minimum Gasteiger partial charge on any atom is -0.465 e. The maximum absolute atomic E-state index is 12.5. The molecule has 0 saturated heterocycles. The molecule has 0 atom stereocenters. The molecule has 0 radical (unpaired) electrons. The summed E-state index contributed by atoms with van der Waals surface area (Å²) < 4.78 is 30.2. The Morgan fingerprint density at radius 2 is 2.05 bits per heavy atom. The Morgan fingerprint density at radius 3 is 2.68 bits per heavy atom. The molecule has 19 heavy (non-hydrogen) atoms. The Kier molecular flexibility index (Phi) is 4.07. The molecule has 0 spiro atoms. The van der Waals surface area contributed by atoms with Gasteiger partial charge in [0.1, 0.15) is 4.88 Å². The van der Waals surface area contributed by atoms with Crippen LogP contribution in [0.2, 0.25) is 0 Å². The third kappa shape index (κ3) is 2.72. The fourth-order valence-corrected chi connectivity index (χ4v) is 4.69. The van der Waals surface area contributed by atoms with E-state index in [2.05, 4.69) is 20.7 Å². The first-order valence-corrected chi connectivity index (χ1v) is 8.29. The summed E-state index contributed by atoms with van der Waals surface area (Å²) in [4.78, 5) is 11.7. The highest BCUT2D eigenvalue weighted by Crippen LogP contribution is 2.29. The molecule has 4 nitrogen and oxygen atoms in total. The molecule has 0 bridgehead atoms. The van der Waals surface area contributed by atoms with Crippen LogP contribution in [-0.4, -0.2) is 21.5 Å². The van der Waals surface area contributed by atoms with Gasteiger partial charge in [-0.05, 0) is 29.6 Å². The quantitative estimate of drug-likeness (QED) is 0.788. The molecule has 1 aromatic heterocycles. The van der Waals surface area contributed by atoms with Crippen molar-refractivity contribution in [3.63, 3.8) is 0 Å². The summed E-state index contributed by atoms with van der Waals surface area (Å²) in [5.41, 5.74) is 0. The first-order valence-electron chi connectivity index (χ1n) is 5.13. The van der Waals surface area contributed by atoms with Gasteiger partial charge in [0.15, 0.2) is 0 Å². The molecule has 0 amide bonds. The average molecular weight is 361 g/mol. The molecule has 0 fully saturated rings. The van der Waals surface area contributed by atoms with Gasteiger partial charge in [-0.2, -0.15) is 0 Å². The minimum atomic E-state index is -3.72. The highest BCUT2D eigenvalue weighted by Gasteiger charge is 2.26. The summed E-state index contributed by atoms with van der Waals surface area (Å²) in [7, 11) is -2.50. The lowest BCUT2D eigenvalue weighted by Crippen LogP contribution is -2.08. The van der Waals surface area contributed by atoms with Crippen molar-refractivity contribution in [2.75, 3.05) is 7.11 Å². The highest BCUT2D eigenvalue weighted by atomic mass is 79.9. The van der Waals surface area contributed by atoms with Crippen LogP contribution in [0.4, 0.5) is 0 Å². The van der Waals surface area contributed by atoms with Crippen LogP contribution in [0.3, 0.4) is 0 Å². The Bertz CT molecular complexity index is 719. The number of benzene rings is 1. The van der Waals surface area contributed by atoms with Crippen LogP contribution in [0.5, 0.6) is 0 Å². The summed E-state index contributed by atoms with van der Waals surface area (Å²) in [6.45, 7) is 0. The molecule has 100 valence electrons. The molecule has 0 aliphatic heterocycles. The predicted octanol–water partition coefficient (Wildman–Crippen LogP) is 3.13. The normalized spacial score (nSPS) is 11.3. The molecule has 1 aromatic carbocycles. The van der Waals surface area contributed by atoms with E-state index in [9.17, 15) is 13.2 Å². The average Bonchev–Trinajstić information content (AvgIpc) is 2.87. The number of rotatable bonds is 3. The number of carbonyl (C=O) groups excluding carboxylic acids is 1. The van der Waals surface area contributed by atoms with Crippen molar-refractivity contribution in [1.82, 2.24) is 0 Å². The third-order valence-corrected chi connectivity index (χ3v) is 5.71. The largest absolute Gasteiger partial charge is 0.465 e.